The van der Waals surface area contributed by atoms with Gasteiger partial charge in [-0.1, -0.05) is 18.2 Å². The van der Waals surface area contributed by atoms with E-state index in [4.69, 9.17) is 10.5 Å². The number of ether oxygens (including phenoxy) is 1. The number of benzene rings is 2. The summed E-state index contributed by atoms with van der Waals surface area (Å²) in [6.45, 7) is 3.20. The van der Waals surface area contributed by atoms with Gasteiger partial charge in [-0.2, -0.15) is 0 Å². The van der Waals surface area contributed by atoms with Crippen molar-refractivity contribution in [3.63, 3.8) is 0 Å². The molecule has 21 heavy (non-hydrogen) atoms. The van der Waals surface area contributed by atoms with Gasteiger partial charge < -0.3 is 15.4 Å². The third-order valence-electron chi connectivity index (χ3n) is 3.62. The van der Waals surface area contributed by atoms with Gasteiger partial charge in [0, 0.05) is 12.2 Å². The zero-order valence-electron chi connectivity index (χ0n) is 12.0. The van der Waals surface area contributed by atoms with Gasteiger partial charge in [0.2, 0.25) is 0 Å². The summed E-state index contributed by atoms with van der Waals surface area (Å²) >= 11 is 0. The summed E-state index contributed by atoms with van der Waals surface area (Å²) in [5, 5.41) is 0. The Hall–Kier alpha value is -2.49. The van der Waals surface area contributed by atoms with Crippen molar-refractivity contribution >= 4 is 17.3 Å². The molecule has 0 bridgehead atoms. The highest BCUT2D eigenvalue weighted by Crippen LogP contribution is 2.32. The van der Waals surface area contributed by atoms with Crippen LogP contribution in [0.5, 0.6) is 5.75 Å². The van der Waals surface area contributed by atoms with E-state index in [1.807, 2.05) is 43.3 Å². The summed E-state index contributed by atoms with van der Waals surface area (Å²) in [6, 6.07) is 13.1. The SMILES string of the molecule is Cc1ccc(C(=O)N2CCCOc3ccccc32)c(N)c1. The molecule has 0 aliphatic carbocycles. The zero-order chi connectivity index (χ0) is 14.8. The minimum absolute atomic E-state index is 0.0783. The Morgan fingerprint density at radius 3 is 2.86 bits per heavy atom. The molecule has 0 unspecified atom stereocenters. The van der Waals surface area contributed by atoms with Crippen molar-refractivity contribution in [3.05, 3.63) is 53.6 Å². The van der Waals surface area contributed by atoms with E-state index in [-0.39, 0.29) is 5.91 Å². The second-order valence-corrected chi connectivity index (χ2v) is 5.22. The highest BCUT2D eigenvalue weighted by molar-refractivity contribution is 6.10. The fraction of sp³-hybridized carbons (Fsp3) is 0.235. The van der Waals surface area contributed by atoms with Crippen LogP contribution < -0.4 is 15.4 Å². The first kappa shape index (κ1) is 13.5. The lowest BCUT2D eigenvalue weighted by Gasteiger charge is -2.22. The maximum atomic E-state index is 12.8. The quantitative estimate of drug-likeness (QED) is 0.818. The topological polar surface area (TPSA) is 55.6 Å². The van der Waals surface area contributed by atoms with E-state index >= 15 is 0 Å². The van der Waals surface area contributed by atoms with Crippen molar-refractivity contribution in [1.29, 1.82) is 0 Å². The minimum atomic E-state index is -0.0783. The Morgan fingerprint density at radius 1 is 1.24 bits per heavy atom. The smallest absolute Gasteiger partial charge is 0.260 e. The van der Waals surface area contributed by atoms with Crippen molar-refractivity contribution in [2.24, 2.45) is 0 Å². The number of para-hydroxylation sites is 2. The van der Waals surface area contributed by atoms with Crippen LogP contribution in [0, 0.1) is 6.92 Å². The monoisotopic (exact) mass is 282 g/mol. The number of nitrogens with zero attached hydrogens (tertiary/aromatic N) is 1. The van der Waals surface area contributed by atoms with Gasteiger partial charge in [-0.15, -0.1) is 0 Å². The Labute approximate surface area is 124 Å². The summed E-state index contributed by atoms with van der Waals surface area (Å²) in [7, 11) is 0. The molecule has 108 valence electrons. The number of aryl methyl sites for hydroxylation is 1. The average Bonchev–Trinajstić information content (AvgIpc) is 2.69. The van der Waals surface area contributed by atoms with Gasteiger partial charge in [-0.05, 0) is 43.2 Å². The van der Waals surface area contributed by atoms with Crippen LogP contribution in [-0.4, -0.2) is 19.1 Å². The number of nitrogen functional groups attached to an aromatic ring is 1. The maximum absolute atomic E-state index is 12.8. The fourth-order valence-electron chi connectivity index (χ4n) is 2.56. The molecule has 1 heterocycles. The Balaban J connectivity index is 2.01. The molecule has 4 nitrogen and oxygen atoms in total. The summed E-state index contributed by atoms with van der Waals surface area (Å²) in [4.78, 5) is 14.6. The van der Waals surface area contributed by atoms with Gasteiger partial charge in [0.15, 0.2) is 0 Å². The number of fused-ring (bicyclic) bond motifs is 1. The number of hydrogen-bond acceptors (Lipinski definition) is 3. The standard InChI is InChI=1S/C17H18N2O2/c1-12-7-8-13(14(18)11-12)17(20)19-9-4-10-21-16-6-3-2-5-15(16)19/h2-3,5-8,11H,4,9-10,18H2,1H3. The van der Waals surface area contributed by atoms with Gasteiger partial charge in [-0.25, -0.2) is 0 Å². The van der Waals surface area contributed by atoms with Gasteiger partial charge in [0.25, 0.3) is 5.91 Å². The summed E-state index contributed by atoms with van der Waals surface area (Å²) in [6.07, 6.45) is 0.798. The van der Waals surface area contributed by atoms with Crippen LogP contribution in [0.4, 0.5) is 11.4 Å². The van der Waals surface area contributed by atoms with Crippen LogP contribution in [0.1, 0.15) is 22.3 Å². The second kappa shape index (κ2) is 5.48. The van der Waals surface area contributed by atoms with Crippen LogP contribution in [0.25, 0.3) is 0 Å². The van der Waals surface area contributed by atoms with E-state index in [0.717, 1.165) is 23.4 Å². The molecule has 1 amide bonds. The summed E-state index contributed by atoms with van der Waals surface area (Å²) in [5.41, 5.74) is 8.92. The van der Waals surface area contributed by atoms with Crippen LogP contribution in [0.2, 0.25) is 0 Å². The van der Waals surface area contributed by atoms with Gasteiger partial charge in [0.1, 0.15) is 5.75 Å². The van der Waals surface area contributed by atoms with Gasteiger partial charge in [-0.3, -0.25) is 4.79 Å². The van der Waals surface area contributed by atoms with Crippen LogP contribution in [-0.2, 0) is 0 Å². The molecular formula is C17H18N2O2. The Kier molecular flexibility index (Phi) is 3.52. The first-order valence-corrected chi connectivity index (χ1v) is 7.06. The number of anilines is 2. The van der Waals surface area contributed by atoms with Crippen LogP contribution in [0.15, 0.2) is 42.5 Å². The number of amides is 1. The number of hydrogen-bond donors (Lipinski definition) is 1. The van der Waals surface area contributed by atoms with Crippen LogP contribution >= 0.6 is 0 Å². The van der Waals surface area contributed by atoms with Crippen molar-refractivity contribution < 1.29 is 9.53 Å². The molecule has 3 rings (SSSR count). The lowest BCUT2D eigenvalue weighted by Crippen LogP contribution is -2.32. The van der Waals surface area contributed by atoms with E-state index in [1.54, 1.807) is 11.0 Å². The summed E-state index contributed by atoms with van der Waals surface area (Å²) < 4.78 is 5.69. The fourth-order valence-corrected chi connectivity index (χ4v) is 2.56. The molecule has 2 aromatic rings. The molecule has 0 spiro atoms. The molecule has 0 saturated heterocycles. The van der Waals surface area contributed by atoms with Gasteiger partial charge in [0.05, 0.1) is 17.9 Å². The van der Waals surface area contributed by atoms with Crippen molar-refractivity contribution in [2.75, 3.05) is 23.8 Å². The molecule has 4 heteroatoms. The number of carbonyl (C=O) groups excluding carboxylic acids is 1. The normalized spacial score (nSPS) is 14.0. The van der Waals surface area contributed by atoms with Crippen LogP contribution in [0.3, 0.4) is 0 Å². The molecule has 0 atom stereocenters. The highest BCUT2D eigenvalue weighted by Gasteiger charge is 2.24. The molecule has 0 fully saturated rings. The number of rotatable bonds is 1. The zero-order valence-corrected chi connectivity index (χ0v) is 12.0. The Bertz CT molecular complexity index is 682. The van der Waals surface area contributed by atoms with E-state index in [1.165, 1.54) is 0 Å². The highest BCUT2D eigenvalue weighted by atomic mass is 16.5. The van der Waals surface area contributed by atoms with Crippen molar-refractivity contribution in [1.82, 2.24) is 0 Å². The van der Waals surface area contributed by atoms with Crippen molar-refractivity contribution in [3.8, 4) is 5.75 Å². The van der Waals surface area contributed by atoms with E-state index in [9.17, 15) is 4.79 Å². The van der Waals surface area contributed by atoms with Crippen molar-refractivity contribution in [2.45, 2.75) is 13.3 Å². The first-order chi connectivity index (χ1) is 10.2. The minimum Gasteiger partial charge on any atom is -0.491 e. The third-order valence-corrected chi connectivity index (χ3v) is 3.62. The maximum Gasteiger partial charge on any atom is 0.260 e. The molecule has 1 aliphatic rings. The number of nitrogens with two attached hydrogens (primary N) is 1. The molecule has 0 aromatic heterocycles. The largest absolute Gasteiger partial charge is 0.491 e. The summed E-state index contributed by atoms with van der Waals surface area (Å²) in [5.74, 6) is 0.666. The molecule has 2 aromatic carbocycles. The molecule has 0 radical (unpaired) electrons. The first-order valence-electron chi connectivity index (χ1n) is 7.06. The van der Waals surface area contributed by atoms with E-state index in [2.05, 4.69) is 0 Å². The molecular weight excluding hydrogens is 264 g/mol. The van der Waals surface area contributed by atoms with E-state index < -0.39 is 0 Å². The lowest BCUT2D eigenvalue weighted by atomic mass is 10.1. The average molecular weight is 282 g/mol. The predicted octanol–water partition coefficient (Wildman–Crippen LogP) is 3.01. The second-order valence-electron chi connectivity index (χ2n) is 5.22. The number of carbonyl (C=O) groups is 1. The third kappa shape index (κ3) is 2.57. The lowest BCUT2D eigenvalue weighted by molar-refractivity contribution is 0.0988. The van der Waals surface area contributed by atoms with E-state index in [0.29, 0.717) is 24.4 Å². The predicted molar refractivity (Wildman–Crippen MR) is 83.8 cm³/mol. The molecule has 1 aliphatic heterocycles. The Morgan fingerprint density at radius 2 is 2.05 bits per heavy atom. The molecule has 2 N–H and O–H groups in total. The van der Waals surface area contributed by atoms with Gasteiger partial charge >= 0.3 is 0 Å². The molecule has 0 saturated carbocycles.